The molecule has 0 aromatic carbocycles. The molecule has 0 radical (unpaired) electrons. The van der Waals surface area contributed by atoms with Gasteiger partial charge in [0.1, 0.15) is 24.4 Å². The maximum Gasteiger partial charge on any atom is 0.244 e. The predicted octanol–water partition coefficient (Wildman–Crippen LogP) is 2.82. The van der Waals surface area contributed by atoms with E-state index in [4.69, 9.17) is 0 Å². The number of nitrogens with one attached hydrogen (secondary N) is 1. The minimum absolute atomic E-state index is 0.0728. The molecule has 1 aromatic rings. The molecule has 9 nitrogen and oxygen atoms in total. The van der Waals surface area contributed by atoms with Gasteiger partial charge >= 0.3 is 0 Å². The second-order valence-corrected chi connectivity index (χ2v) is 12.3. The molecule has 0 spiro atoms. The van der Waals surface area contributed by atoms with Crippen molar-refractivity contribution >= 4 is 5.91 Å². The number of amides is 1. The Bertz CT molecular complexity index is 1220. The smallest absolute Gasteiger partial charge is 0.244 e. The van der Waals surface area contributed by atoms with Gasteiger partial charge in [0.2, 0.25) is 5.91 Å². The van der Waals surface area contributed by atoms with Crippen molar-refractivity contribution in [3.63, 3.8) is 0 Å². The second kappa shape index (κ2) is 14.1. The zero-order valence-corrected chi connectivity index (χ0v) is 25.1. The van der Waals surface area contributed by atoms with Crippen molar-refractivity contribution in [3.8, 4) is 0 Å². The number of halogens is 1. The van der Waals surface area contributed by atoms with E-state index in [1.807, 2.05) is 36.8 Å². The summed E-state index contributed by atoms with van der Waals surface area (Å²) >= 11 is 0. The van der Waals surface area contributed by atoms with Crippen molar-refractivity contribution in [1.82, 2.24) is 14.9 Å². The molecule has 1 fully saturated rings. The molecular formula is C32H46FN3O6. The summed E-state index contributed by atoms with van der Waals surface area (Å²) in [5, 5.41) is 53.4. The summed E-state index contributed by atoms with van der Waals surface area (Å²) in [6, 6.07) is -1.43. The Morgan fingerprint density at radius 1 is 1.10 bits per heavy atom. The molecule has 1 heterocycles. The maximum atomic E-state index is 13.8. The molecule has 0 aliphatic heterocycles. The van der Waals surface area contributed by atoms with Crippen LogP contribution in [0, 0.1) is 5.41 Å². The zero-order chi connectivity index (χ0) is 31.2. The maximum absolute atomic E-state index is 13.8. The van der Waals surface area contributed by atoms with Gasteiger partial charge < -0.3 is 35.4 Å². The third-order valence-electron chi connectivity index (χ3n) is 8.55. The van der Waals surface area contributed by atoms with Crippen LogP contribution in [0.2, 0.25) is 0 Å². The van der Waals surface area contributed by atoms with E-state index in [9.17, 15) is 34.7 Å². The van der Waals surface area contributed by atoms with Crippen molar-refractivity contribution in [2.75, 3.05) is 0 Å². The number of aromatic nitrogens is 2. The number of rotatable bonds is 10. The summed E-state index contributed by atoms with van der Waals surface area (Å²) in [5.41, 5.74) is 2.75. The number of aliphatic hydroxyl groups is 5. The van der Waals surface area contributed by atoms with Gasteiger partial charge in [-0.3, -0.25) is 4.79 Å². The third kappa shape index (κ3) is 8.14. The molecule has 2 aliphatic carbocycles. The molecule has 5 unspecified atom stereocenters. The van der Waals surface area contributed by atoms with Crippen molar-refractivity contribution < 1.29 is 34.7 Å². The fraction of sp³-hybridized carbons (Fsp3) is 0.562. The number of nitrogens with zero attached hydrogens (tertiary/aromatic N) is 2. The lowest BCUT2D eigenvalue weighted by Crippen LogP contribution is -2.67. The highest BCUT2D eigenvalue weighted by Crippen LogP contribution is 2.47. The minimum Gasteiger partial charge on any atom is -0.388 e. The van der Waals surface area contributed by atoms with Gasteiger partial charge in [0.05, 0.1) is 18.0 Å². The van der Waals surface area contributed by atoms with Gasteiger partial charge in [0.15, 0.2) is 6.17 Å². The van der Waals surface area contributed by atoms with Gasteiger partial charge in [0, 0.05) is 25.0 Å². The Morgan fingerprint density at radius 2 is 1.76 bits per heavy atom. The average molecular weight is 588 g/mol. The molecule has 0 bridgehead atoms. The molecule has 6 N–H and O–H groups in total. The highest BCUT2D eigenvalue weighted by Gasteiger charge is 2.49. The third-order valence-corrected chi connectivity index (χ3v) is 8.55. The summed E-state index contributed by atoms with van der Waals surface area (Å²) < 4.78 is 15.8. The summed E-state index contributed by atoms with van der Waals surface area (Å²) in [5.74, 6) is -0.669. The first-order valence-electron chi connectivity index (χ1n) is 14.4. The molecule has 42 heavy (non-hydrogen) atoms. The van der Waals surface area contributed by atoms with Gasteiger partial charge in [-0.2, -0.15) is 0 Å². The number of hydrogen-bond acceptors (Lipinski definition) is 7. The van der Waals surface area contributed by atoms with Crippen LogP contribution >= 0.6 is 0 Å². The zero-order valence-electron chi connectivity index (χ0n) is 25.1. The molecule has 10 heteroatoms. The Labute approximate surface area is 247 Å². The molecule has 232 valence electrons. The minimum atomic E-state index is -2.22. The summed E-state index contributed by atoms with van der Waals surface area (Å²) in [7, 11) is 0. The van der Waals surface area contributed by atoms with Crippen LogP contribution in [-0.2, 0) is 11.3 Å². The summed E-state index contributed by atoms with van der Waals surface area (Å²) in [6.45, 7) is 10.9. The van der Waals surface area contributed by atoms with Crippen molar-refractivity contribution in [2.24, 2.45) is 5.41 Å². The van der Waals surface area contributed by atoms with Gasteiger partial charge in [-0.1, -0.05) is 49.8 Å². The van der Waals surface area contributed by atoms with Gasteiger partial charge in [0.25, 0.3) is 0 Å². The number of aryl methyl sites for hydroxylation is 1. The highest BCUT2D eigenvalue weighted by molar-refractivity contribution is 5.89. The molecule has 1 saturated carbocycles. The topological polar surface area (TPSA) is 148 Å². The van der Waals surface area contributed by atoms with E-state index in [1.54, 1.807) is 31.6 Å². The molecule has 1 amide bonds. The fourth-order valence-electron chi connectivity index (χ4n) is 5.70. The van der Waals surface area contributed by atoms with Crippen molar-refractivity contribution in [1.29, 1.82) is 0 Å². The van der Waals surface area contributed by atoms with E-state index >= 15 is 0 Å². The lowest BCUT2D eigenvalue weighted by atomic mass is 9.66. The van der Waals surface area contributed by atoms with Crippen LogP contribution in [0.1, 0.15) is 60.3 Å². The van der Waals surface area contributed by atoms with Crippen LogP contribution in [0.4, 0.5) is 4.39 Å². The number of allylic oxidation sites excluding steroid dienone is 8. The highest BCUT2D eigenvalue weighted by atomic mass is 19.1. The van der Waals surface area contributed by atoms with E-state index < -0.39 is 48.1 Å². The van der Waals surface area contributed by atoms with Crippen molar-refractivity contribution in [2.45, 2.75) is 109 Å². The number of alkyl halides is 1. The Hall–Kier alpha value is -2.89. The number of carbonyl (C=O) groups is 1. The second-order valence-electron chi connectivity index (χ2n) is 12.3. The summed E-state index contributed by atoms with van der Waals surface area (Å²) in [4.78, 5) is 16.5. The number of carbonyl (C=O) groups excluding carboxylic acids is 1. The number of aliphatic hydroxyl groups excluding tert-OH is 4. The van der Waals surface area contributed by atoms with Crippen LogP contribution in [0.3, 0.4) is 0 Å². The van der Waals surface area contributed by atoms with E-state index in [0.29, 0.717) is 12.0 Å². The lowest BCUT2D eigenvalue weighted by Gasteiger charge is -2.43. The molecule has 0 saturated heterocycles. The van der Waals surface area contributed by atoms with Gasteiger partial charge in [-0.25, -0.2) is 9.37 Å². The molecule has 2 aliphatic rings. The fourth-order valence-corrected chi connectivity index (χ4v) is 5.70. The summed E-state index contributed by atoms with van der Waals surface area (Å²) in [6.07, 6.45) is 9.68. The van der Waals surface area contributed by atoms with E-state index in [0.717, 1.165) is 42.5 Å². The Morgan fingerprint density at radius 3 is 2.38 bits per heavy atom. The first-order valence-corrected chi connectivity index (χ1v) is 14.4. The lowest BCUT2D eigenvalue weighted by molar-refractivity contribution is -0.170. The largest absolute Gasteiger partial charge is 0.388 e. The van der Waals surface area contributed by atoms with E-state index in [-0.39, 0.29) is 5.41 Å². The van der Waals surface area contributed by atoms with Crippen LogP contribution < -0.4 is 5.32 Å². The van der Waals surface area contributed by atoms with Crippen LogP contribution in [-0.4, -0.2) is 83.2 Å². The Kier molecular flexibility index (Phi) is 11.2. The first kappa shape index (κ1) is 33.6. The quantitative estimate of drug-likeness (QED) is 0.182. The normalized spacial score (nSPS) is 32.6. The standard InChI is InChI=1S/C32H46FN3O6/c1-20(8-6-9-21(2)18-24(37)35-26-29(40)27(38)25(33)28(39)30(26)41)10-11-23-22(3)32(42,14-13-31(23,4)5)12-7-16-36-17-15-34-19-36/h6,8-11,15,17-19,25-30,38-42H,7,12-14,16H2,1-5H3,(H,35,37)/b9-6+,11-10+,20-8+,21-18+. The van der Waals surface area contributed by atoms with Crippen molar-refractivity contribution in [3.05, 3.63) is 77.5 Å². The predicted molar refractivity (Wildman–Crippen MR) is 159 cm³/mol. The van der Waals surface area contributed by atoms with E-state index in [1.165, 1.54) is 6.08 Å². The molecule has 1 aromatic heterocycles. The molecular weight excluding hydrogens is 541 g/mol. The first-order chi connectivity index (χ1) is 19.7. The Balaban J connectivity index is 1.63. The van der Waals surface area contributed by atoms with E-state index in [2.05, 4.69) is 30.2 Å². The van der Waals surface area contributed by atoms with Crippen LogP contribution in [0.5, 0.6) is 0 Å². The van der Waals surface area contributed by atoms with Gasteiger partial charge in [-0.15, -0.1) is 0 Å². The SMILES string of the molecule is CC1=C(/C=C/C(C)=C/C=C/C(C)=C/C(=O)NC2C(O)C(O)C(F)C(O)C2O)C(C)(C)CCC1(O)CCCn1ccnc1. The van der Waals surface area contributed by atoms with Crippen LogP contribution in [0.15, 0.2) is 77.5 Å². The number of hydrogen-bond donors (Lipinski definition) is 6. The average Bonchev–Trinajstić information content (AvgIpc) is 3.45. The molecule has 5 atom stereocenters. The monoisotopic (exact) mass is 587 g/mol. The number of imidazole rings is 1. The van der Waals surface area contributed by atoms with Crippen LogP contribution in [0.25, 0.3) is 0 Å². The van der Waals surface area contributed by atoms with Gasteiger partial charge in [-0.05, 0) is 68.6 Å². The molecule has 3 rings (SSSR count).